The molecule has 1 N–H and O–H groups in total. The summed E-state index contributed by atoms with van der Waals surface area (Å²) in [4.78, 5) is 0. The average Bonchev–Trinajstić information content (AvgIpc) is 2.82. The Kier molecular flexibility index (Phi) is 2.55. The molecule has 2 aromatic rings. The molecule has 4 nitrogen and oxygen atoms in total. The van der Waals surface area contributed by atoms with E-state index in [4.69, 9.17) is 0 Å². The molecule has 0 saturated heterocycles. The van der Waals surface area contributed by atoms with Crippen LogP contribution in [0.1, 0.15) is 18.7 Å². The van der Waals surface area contributed by atoms with Gasteiger partial charge in [-0.25, -0.2) is 0 Å². The van der Waals surface area contributed by atoms with E-state index in [9.17, 15) is 0 Å². The van der Waals surface area contributed by atoms with E-state index in [2.05, 4.69) is 32.2 Å². The van der Waals surface area contributed by atoms with Crippen LogP contribution >= 0.6 is 0 Å². The Morgan fingerprint density at radius 2 is 2.06 bits per heavy atom. The van der Waals surface area contributed by atoms with Crippen molar-refractivity contribution in [3.8, 4) is 11.4 Å². The monoisotopic (exact) mass is 228 g/mol. The second-order valence-corrected chi connectivity index (χ2v) is 4.34. The zero-order valence-corrected chi connectivity index (χ0v) is 9.98. The molecule has 4 heteroatoms. The lowest BCUT2D eigenvalue weighted by Crippen LogP contribution is -2.11. The van der Waals surface area contributed by atoms with E-state index in [0.717, 1.165) is 35.9 Å². The lowest BCUT2D eigenvalue weighted by atomic mass is 10.1. The zero-order valence-electron chi connectivity index (χ0n) is 9.98. The Morgan fingerprint density at radius 3 is 2.94 bits per heavy atom. The second kappa shape index (κ2) is 4.20. The molecule has 0 fully saturated rings. The third-order valence-corrected chi connectivity index (χ3v) is 3.30. The fourth-order valence-electron chi connectivity index (χ4n) is 2.40. The molecule has 88 valence electrons. The number of aryl methyl sites for hydroxylation is 1. The van der Waals surface area contributed by atoms with Crippen molar-refractivity contribution in [2.75, 3.05) is 12.4 Å². The lowest BCUT2D eigenvalue weighted by molar-refractivity contribution is 0.526. The van der Waals surface area contributed by atoms with E-state index in [-0.39, 0.29) is 0 Å². The second-order valence-electron chi connectivity index (χ2n) is 4.34. The summed E-state index contributed by atoms with van der Waals surface area (Å²) >= 11 is 0. The van der Waals surface area contributed by atoms with Gasteiger partial charge in [0.05, 0.1) is 0 Å². The van der Waals surface area contributed by atoms with Crippen LogP contribution in [-0.2, 0) is 13.0 Å². The molecule has 0 aliphatic carbocycles. The molecule has 0 radical (unpaired) electrons. The van der Waals surface area contributed by atoms with Crippen LogP contribution < -0.4 is 5.32 Å². The predicted molar refractivity (Wildman–Crippen MR) is 67.9 cm³/mol. The number of anilines is 1. The molecule has 0 atom stereocenters. The number of rotatable bonds is 2. The van der Waals surface area contributed by atoms with Gasteiger partial charge in [-0.05, 0) is 25.0 Å². The molecular formula is C13H16N4. The highest BCUT2D eigenvalue weighted by Crippen LogP contribution is 2.28. The van der Waals surface area contributed by atoms with Gasteiger partial charge < -0.3 is 9.88 Å². The van der Waals surface area contributed by atoms with Gasteiger partial charge in [-0.15, -0.1) is 10.2 Å². The van der Waals surface area contributed by atoms with Gasteiger partial charge in [0.2, 0.25) is 0 Å². The number of fused-ring (bicyclic) bond motifs is 1. The molecule has 0 unspecified atom stereocenters. The van der Waals surface area contributed by atoms with Gasteiger partial charge in [0.15, 0.2) is 5.82 Å². The summed E-state index contributed by atoms with van der Waals surface area (Å²) in [5.74, 6) is 2.11. The summed E-state index contributed by atoms with van der Waals surface area (Å²) in [7, 11) is 1.94. The van der Waals surface area contributed by atoms with Crippen LogP contribution in [0.2, 0.25) is 0 Å². The number of para-hydroxylation sites is 1. The Morgan fingerprint density at radius 1 is 1.18 bits per heavy atom. The van der Waals surface area contributed by atoms with Crippen molar-refractivity contribution >= 4 is 5.69 Å². The summed E-state index contributed by atoms with van der Waals surface area (Å²) < 4.78 is 2.25. The van der Waals surface area contributed by atoms with Crippen molar-refractivity contribution in [2.45, 2.75) is 25.8 Å². The van der Waals surface area contributed by atoms with E-state index < -0.39 is 0 Å². The van der Waals surface area contributed by atoms with Gasteiger partial charge in [0.25, 0.3) is 0 Å². The standard InChI is InChI=1S/C13H16N4/c1-14-11-7-3-2-6-10(11)13-16-15-12-8-4-5-9-17(12)13/h2-3,6-7,14H,4-5,8-9H2,1H3. The maximum Gasteiger partial charge on any atom is 0.166 e. The highest BCUT2D eigenvalue weighted by atomic mass is 15.3. The summed E-state index contributed by atoms with van der Waals surface area (Å²) in [5.41, 5.74) is 2.24. The molecule has 0 saturated carbocycles. The molecule has 1 aromatic heterocycles. The van der Waals surface area contributed by atoms with E-state index in [1.54, 1.807) is 0 Å². The minimum Gasteiger partial charge on any atom is -0.388 e. The number of aromatic nitrogens is 3. The SMILES string of the molecule is CNc1ccccc1-c1nnc2n1CCCC2. The van der Waals surface area contributed by atoms with Crippen LogP contribution in [0.25, 0.3) is 11.4 Å². The molecule has 0 bridgehead atoms. The van der Waals surface area contributed by atoms with Gasteiger partial charge >= 0.3 is 0 Å². The minimum absolute atomic E-state index is 0.990. The van der Waals surface area contributed by atoms with Gasteiger partial charge in [-0.1, -0.05) is 12.1 Å². The molecular weight excluding hydrogens is 212 g/mol. The summed E-state index contributed by atoms with van der Waals surface area (Å²) in [6, 6.07) is 8.24. The van der Waals surface area contributed by atoms with Crippen LogP contribution in [0.4, 0.5) is 5.69 Å². The Hall–Kier alpha value is -1.84. The van der Waals surface area contributed by atoms with Crippen LogP contribution in [0.3, 0.4) is 0 Å². The summed E-state index contributed by atoms with van der Waals surface area (Å²) in [6.07, 6.45) is 3.50. The third kappa shape index (κ3) is 1.69. The van der Waals surface area contributed by atoms with Crippen LogP contribution in [-0.4, -0.2) is 21.8 Å². The van der Waals surface area contributed by atoms with Crippen molar-refractivity contribution in [3.63, 3.8) is 0 Å². The number of nitrogens with zero attached hydrogens (tertiary/aromatic N) is 3. The van der Waals surface area contributed by atoms with Crippen molar-refractivity contribution in [2.24, 2.45) is 0 Å². The van der Waals surface area contributed by atoms with Gasteiger partial charge in [-0.3, -0.25) is 0 Å². The van der Waals surface area contributed by atoms with E-state index in [1.165, 1.54) is 12.8 Å². The van der Waals surface area contributed by atoms with Crippen molar-refractivity contribution < 1.29 is 0 Å². The molecule has 0 amide bonds. The van der Waals surface area contributed by atoms with Crippen LogP contribution in [0, 0.1) is 0 Å². The maximum absolute atomic E-state index is 4.35. The smallest absolute Gasteiger partial charge is 0.166 e. The first-order valence-corrected chi connectivity index (χ1v) is 6.09. The molecule has 2 heterocycles. The van der Waals surface area contributed by atoms with Crippen LogP contribution in [0.5, 0.6) is 0 Å². The molecule has 0 spiro atoms. The Labute approximate surface area is 101 Å². The first-order chi connectivity index (χ1) is 8.40. The number of benzene rings is 1. The van der Waals surface area contributed by atoms with Gasteiger partial charge in [0.1, 0.15) is 5.82 Å². The quantitative estimate of drug-likeness (QED) is 0.857. The Bertz CT molecular complexity index is 530. The van der Waals surface area contributed by atoms with Crippen molar-refractivity contribution in [1.82, 2.24) is 14.8 Å². The van der Waals surface area contributed by atoms with Crippen molar-refractivity contribution in [1.29, 1.82) is 0 Å². The zero-order chi connectivity index (χ0) is 11.7. The third-order valence-electron chi connectivity index (χ3n) is 3.30. The lowest BCUT2D eigenvalue weighted by Gasteiger charge is -2.16. The Balaban J connectivity index is 2.12. The molecule has 17 heavy (non-hydrogen) atoms. The molecule has 1 aliphatic rings. The van der Waals surface area contributed by atoms with E-state index in [0.29, 0.717) is 0 Å². The molecule has 1 aromatic carbocycles. The van der Waals surface area contributed by atoms with Gasteiger partial charge in [-0.2, -0.15) is 0 Å². The minimum atomic E-state index is 0.990. The molecule has 1 aliphatic heterocycles. The molecule has 3 rings (SSSR count). The van der Waals surface area contributed by atoms with Crippen LogP contribution in [0.15, 0.2) is 24.3 Å². The number of hydrogen-bond donors (Lipinski definition) is 1. The number of hydrogen-bond acceptors (Lipinski definition) is 3. The van der Waals surface area contributed by atoms with E-state index >= 15 is 0 Å². The summed E-state index contributed by atoms with van der Waals surface area (Å²) in [5, 5.41) is 11.9. The number of nitrogens with one attached hydrogen (secondary N) is 1. The fraction of sp³-hybridized carbons (Fsp3) is 0.385. The summed E-state index contributed by atoms with van der Waals surface area (Å²) in [6.45, 7) is 1.04. The highest BCUT2D eigenvalue weighted by molar-refractivity contribution is 5.73. The van der Waals surface area contributed by atoms with Gasteiger partial charge in [0, 0.05) is 31.3 Å². The first-order valence-electron chi connectivity index (χ1n) is 6.09. The topological polar surface area (TPSA) is 42.7 Å². The first kappa shape index (κ1) is 10.3. The largest absolute Gasteiger partial charge is 0.388 e. The van der Waals surface area contributed by atoms with Crippen molar-refractivity contribution in [3.05, 3.63) is 30.1 Å². The van der Waals surface area contributed by atoms with E-state index in [1.807, 2.05) is 19.2 Å². The maximum atomic E-state index is 4.35. The predicted octanol–water partition coefficient (Wildman–Crippen LogP) is 2.32. The highest BCUT2D eigenvalue weighted by Gasteiger charge is 2.18. The fourth-order valence-corrected chi connectivity index (χ4v) is 2.40. The average molecular weight is 228 g/mol. The normalized spacial score (nSPS) is 14.4.